The molecule has 0 saturated carbocycles. The van der Waals surface area contributed by atoms with Crippen molar-refractivity contribution in [2.24, 2.45) is 0 Å². The summed E-state index contributed by atoms with van der Waals surface area (Å²) in [5, 5.41) is 11.8. The second kappa shape index (κ2) is 12.4. The number of hydrogen-bond donors (Lipinski definition) is 1. The summed E-state index contributed by atoms with van der Waals surface area (Å²) in [5.41, 5.74) is 1.48. The number of methoxy groups -OCH3 is 1. The number of amides is 1. The minimum absolute atomic E-state index is 0.0679. The van der Waals surface area contributed by atoms with Crippen LogP contribution in [0.25, 0.3) is 16.0 Å². The van der Waals surface area contributed by atoms with E-state index < -0.39 is 17.7 Å². The Hall–Kier alpha value is -4.83. The first-order valence-electron chi connectivity index (χ1n) is 13.4. The van der Waals surface area contributed by atoms with Gasteiger partial charge in [0.25, 0.3) is 5.78 Å². The zero-order valence-electron chi connectivity index (χ0n) is 23.5. The fourth-order valence-electron chi connectivity index (χ4n) is 4.73. The van der Waals surface area contributed by atoms with E-state index in [1.54, 1.807) is 54.6 Å². The van der Waals surface area contributed by atoms with Gasteiger partial charge in [-0.15, -0.1) is 0 Å². The molecule has 10 heteroatoms. The number of benzene rings is 3. The number of Topliss-reactive ketones (excluding diaryl/α,β-unsaturated/α-hetero) is 1. The maximum absolute atomic E-state index is 13.7. The highest BCUT2D eigenvalue weighted by molar-refractivity contribution is 7.22. The second-order valence-corrected chi connectivity index (χ2v) is 10.2. The van der Waals surface area contributed by atoms with E-state index in [2.05, 4.69) is 6.58 Å². The van der Waals surface area contributed by atoms with Crippen LogP contribution >= 0.6 is 11.3 Å². The van der Waals surface area contributed by atoms with E-state index in [1.165, 1.54) is 23.3 Å². The van der Waals surface area contributed by atoms with Crippen molar-refractivity contribution in [1.29, 1.82) is 0 Å². The molecule has 1 unspecified atom stereocenters. The lowest BCUT2D eigenvalue weighted by Crippen LogP contribution is -2.29. The van der Waals surface area contributed by atoms with Crippen LogP contribution in [0.5, 0.6) is 23.0 Å². The first-order valence-corrected chi connectivity index (χ1v) is 14.2. The number of nitrogens with zero attached hydrogens (tertiary/aromatic N) is 2. The predicted octanol–water partition coefficient (Wildman–Crippen LogP) is 6.29. The molecule has 0 spiro atoms. The van der Waals surface area contributed by atoms with Gasteiger partial charge in [0.05, 0.1) is 42.2 Å². The van der Waals surface area contributed by atoms with E-state index in [1.807, 2.05) is 26.0 Å². The lowest BCUT2D eigenvalue weighted by atomic mass is 9.95. The van der Waals surface area contributed by atoms with Gasteiger partial charge in [0, 0.05) is 5.56 Å². The Morgan fingerprint density at radius 1 is 0.976 bits per heavy atom. The molecule has 1 atom stereocenters. The van der Waals surface area contributed by atoms with Gasteiger partial charge in [0.15, 0.2) is 16.6 Å². The molecule has 1 aromatic heterocycles. The average Bonchev–Trinajstić information content (AvgIpc) is 3.54. The first kappa shape index (κ1) is 28.7. The number of aliphatic hydroxyl groups is 1. The van der Waals surface area contributed by atoms with E-state index in [0.717, 1.165) is 4.70 Å². The van der Waals surface area contributed by atoms with Crippen LogP contribution in [0.4, 0.5) is 5.13 Å². The van der Waals surface area contributed by atoms with Gasteiger partial charge >= 0.3 is 5.91 Å². The number of fused-ring (bicyclic) bond motifs is 1. The Labute approximate surface area is 247 Å². The Bertz CT molecular complexity index is 1680. The van der Waals surface area contributed by atoms with E-state index >= 15 is 0 Å². The molecule has 1 fully saturated rings. The number of aliphatic hydroxyl groups excluding tert-OH is 1. The average molecular weight is 587 g/mol. The Morgan fingerprint density at radius 3 is 2.40 bits per heavy atom. The van der Waals surface area contributed by atoms with Crippen LogP contribution in [-0.2, 0) is 9.59 Å². The van der Waals surface area contributed by atoms with Crippen LogP contribution in [0.15, 0.2) is 78.9 Å². The highest BCUT2D eigenvalue weighted by Gasteiger charge is 2.48. The standard InChI is InChI=1S/C32H30N2O7S/c1-5-16-41-24-15-10-20(17-25(24)40-7-3)28-27(29(35)19-8-11-21(38-4)12-9-19)30(36)31(37)34(28)32-33-23-14-13-22(39-6-2)18-26(23)42-32/h5,8-15,17-18,28,35H,1,6-7,16H2,2-4H3/b29-27+. The van der Waals surface area contributed by atoms with Crippen LogP contribution in [0.1, 0.15) is 31.0 Å². The summed E-state index contributed by atoms with van der Waals surface area (Å²) >= 11 is 1.26. The van der Waals surface area contributed by atoms with Crippen molar-refractivity contribution in [2.75, 3.05) is 31.8 Å². The lowest BCUT2D eigenvalue weighted by Gasteiger charge is -2.24. The molecule has 3 aromatic carbocycles. The van der Waals surface area contributed by atoms with E-state index in [4.69, 9.17) is 23.9 Å². The van der Waals surface area contributed by atoms with Gasteiger partial charge in [-0.3, -0.25) is 14.5 Å². The molecule has 5 rings (SSSR count). The third-order valence-electron chi connectivity index (χ3n) is 6.61. The third-order valence-corrected chi connectivity index (χ3v) is 7.63. The van der Waals surface area contributed by atoms with Crippen LogP contribution < -0.4 is 23.8 Å². The smallest absolute Gasteiger partial charge is 0.301 e. The second-order valence-electron chi connectivity index (χ2n) is 9.20. The molecule has 1 aliphatic rings. The number of thiazole rings is 1. The fourth-order valence-corrected chi connectivity index (χ4v) is 5.75. The normalized spacial score (nSPS) is 16.1. The number of rotatable bonds is 11. The van der Waals surface area contributed by atoms with Gasteiger partial charge in [0.1, 0.15) is 23.9 Å². The molecule has 1 N–H and O–H groups in total. The number of carbonyl (C=O) groups is 2. The Balaban J connectivity index is 1.69. The zero-order valence-corrected chi connectivity index (χ0v) is 24.3. The number of hydrogen-bond acceptors (Lipinski definition) is 9. The van der Waals surface area contributed by atoms with E-state index in [-0.39, 0.29) is 17.9 Å². The van der Waals surface area contributed by atoms with Gasteiger partial charge < -0.3 is 24.1 Å². The zero-order chi connectivity index (χ0) is 29.8. The van der Waals surface area contributed by atoms with Crippen LogP contribution in [0.2, 0.25) is 0 Å². The molecular formula is C32H30N2O7S. The summed E-state index contributed by atoms with van der Waals surface area (Å²) in [6.45, 7) is 8.57. The van der Waals surface area contributed by atoms with Crippen LogP contribution in [-0.4, -0.2) is 48.7 Å². The highest BCUT2D eigenvalue weighted by atomic mass is 32.1. The summed E-state index contributed by atoms with van der Waals surface area (Å²) in [5.74, 6) is 0.231. The van der Waals surface area contributed by atoms with Crippen LogP contribution in [0, 0.1) is 0 Å². The predicted molar refractivity (Wildman–Crippen MR) is 162 cm³/mol. The number of ether oxygens (including phenoxy) is 4. The van der Waals surface area contributed by atoms with Gasteiger partial charge in [-0.05, 0) is 74.0 Å². The summed E-state index contributed by atoms with van der Waals surface area (Å²) in [6, 6.07) is 16.2. The Morgan fingerprint density at radius 2 is 1.71 bits per heavy atom. The Kier molecular flexibility index (Phi) is 8.44. The summed E-state index contributed by atoms with van der Waals surface area (Å²) in [7, 11) is 1.54. The topological polar surface area (TPSA) is 107 Å². The molecule has 42 heavy (non-hydrogen) atoms. The number of carbonyl (C=O) groups excluding carboxylic acids is 2. The third kappa shape index (κ3) is 5.40. The van der Waals surface area contributed by atoms with Gasteiger partial charge in [0.2, 0.25) is 0 Å². The largest absolute Gasteiger partial charge is 0.507 e. The summed E-state index contributed by atoms with van der Waals surface area (Å²) in [4.78, 5) is 33.3. The van der Waals surface area contributed by atoms with Crippen molar-refractivity contribution in [3.8, 4) is 23.0 Å². The summed E-state index contributed by atoms with van der Waals surface area (Å²) in [6.07, 6.45) is 1.62. The van der Waals surface area contributed by atoms with E-state index in [0.29, 0.717) is 58.0 Å². The molecule has 0 radical (unpaired) electrons. The number of ketones is 1. The first-order chi connectivity index (χ1) is 20.4. The minimum atomic E-state index is -0.994. The van der Waals surface area contributed by atoms with Gasteiger partial charge in [-0.25, -0.2) is 4.98 Å². The maximum atomic E-state index is 13.7. The van der Waals surface area contributed by atoms with Crippen molar-refractivity contribution < 1.29 is 33.6 Å². The molecule has 0 aliphatic carbocycles. The minimum Gasteiger partial charge on any atom is -0.507 e. The molecule has 4 aromatic rings. The van der Waals surface area contributed by atoms with Gasteiger partial charge in [-0.1, -0.05) is 30.1 Å². The highest BCUT2D eigenvalue weighted by Crippen LogP contribution is 2.46. The summed E-state index contributed by atoms with van der Waals surface area (Å²) < 4.78 is 23.3. The number of anilines is 1. The molecule has 2 heterocycles. The maximum Gasteiger partial charge on any atom is 0.301 e. The van der Waals surface area contributed by atoms with Crippen molar-refractivity contribution in [1.82, 2.24) is 4.98 Å². The molecule has 9 nitrogen and oxygen atoms in total. The quantitative estimate of drug-likeness (QED) is 0.0945. The molecular weight excluding hydrogens is 556 g/mol. The van der Waals surface area contributed by atoms with Crippen molar-refractivity contribution in [2.45, 2.75) is 19.9 Å². The number of aromatic nitrogens is 1. The van der Waals surface area contributed by atoms with Crippen molar-refractivity contribution in [3.63, 3.8) is 0 Å². The van der Waals surface area contributed by atoms with E-state index in [9.17, 15) is 14.7 Å². The monoisotopic (exact) mass is 586 g/mol. The van der Waals surface area contributed by atoms with Gasteiger partial charge in [-0.2, -0.15) is 0 Å². The fraction of sp³-hybridized carbons (Fsp3) is 0.219. The molecule has 1 aliphatic heterocycles. The molecule has 1 saturated heterocycles. The molecule has 1 amide bonds. The molecule has 216 valence electrons. The molecule has 0 bridgehead atoms. The van der Waals surface area contributed by atoms with Crippen molar-refractivity contribution in [3.05, 3.63) is 90.0 Å². The SMILES string of the molecule is C=CCOc1ccc(C2/C(=C(\O)c3ccc(OC)cc3)C(=O)C(=O)N2c2nc3ccc(OCC)cc3s2)cc1OCC. The van der Waals surface area contributed by atoms with Crippen LogP contribution in [0.3, 0.4) is 0 Å². The lowest BCUT2D eigenvalue weighted by molar-refractivity contribution is -0.132. The van der Waals surface area contributed by atoms with Crippen molar-refractivity contribution >= 4 is 44.1 Å².